The first-order chi connectivity index (χ1) is 19.9. The van der Waals surface area contributed by atoms with Gasteiger partial charge in [-0.2, -0.15) is 0 Å². The molecule has 3 aromatic rings. The third-order valence-corrected chi connectivity index (χ3v) is 19.2. The molecular formula is C31H46N2O7Si2. The maximum absolute atomic E-state index is 13.3. The summed E-state index contributed by atoms with van der Waals surface area (Å²) in [6.07, 6.45) is -0.908. The van der Waals surface area contributed by atoms with Gasteiger partial charge in [-0.05, 0) is 51.8 Å². The van der Waals surface area contributed by atoms with Crippen molar-refractivity contribution in [2.75, 3.05) is 6.61 Å². The molecule has 5 atom stereocenters. The number of carbonyl (C=O) groups is 1. The van der Waals surface area contributed by atoms with Gasteiger partial charge in [0.05, 0.1) is 12.1 Å². The van der Waals surface area contributed by atoms with Crippen LogP contribution >= 0.6 is 0 Å². The van der Waals surface area contributed by atoms with E-state index in [1.165, 1.54) is 0 Å². The lowest BCUT2D eigenvalue weighted by molar-refractivity contribution is -0.250. The largest absolute Gasteiger partial charge is 0.450 e. The lowest BCUT2D eigenvalue weighted by atomic mass is 9.98. The molecule has 1 aromatic carbocycles. The van der Waals surface area contributed by atoms with Gasteiger partial charge in [0.1, 0.15) is 24.0 Å². The van der Waals surface area contributed by atoms with Crippen LogP contribution in [-0.4, -0.2) is 68.8 Å². The molecule has 0 bridgehead atoms. The molecule has 0 amide bonds. The molecule has 5 rings (SSSR count). The minimum absolute atomic E-state index is 0.0717. The van der Waals surface area contributed by atoms with Crippen LogP contribution in [0.2, 0.25) is 22.2 Å². The van der Waals surface area contributed by atoms with Crippen LogP contribution in [-0.2, 0) is 22.4 Å². The highest BCUT2D eigenvalue weighted by Gasteiger charge is 2.62. The highest BCUT2D eigenvalue weighted by molar-refractivity contribution is 6.84. The van der Waals surface area contributed by atoms with E-state index in [1.54, 1.807) is 18.3 Å². The Morgan fingerprint density at radius 3 is 2.24 bits per heavy atom. The summed E-state index contributed by atoms with van der Waals surface area (Å²) in [5, 5.41) is 13.1. The first-order valence-electron chi connectivity index (χ1n) is 15.2. The molecule has 230 valence electrons. The number of benzene rings is 1. The second-order valence-corrected chi connectivity index (χ2v) is 21.7. The SMILES string of the molecule is CC(C)[Si]1(C(C)C)OC[C@H]2O[C@@H](n3ccc4ccccc43)[C@H](OC(=O)c3ccc[nH]3)[C@@H](O)[C@@H]2O[Si](C(C)C)(C(C)C)O1. The van der Waals surface area contributed by atoms with Crippen LogP contribution in [0.1, 0.15) is 72.1 Å². The van der Waals surface area contributed by atoms with E-state index in [1.807, 2.05) is 41.1 Å². The predicted molar refractivity (Wildman–Crippen MR) is 166 cm³/mol. The van der Waals surface area contributed by atoms with Gasteiger partial charge in [0.25, 0.3) is 0 Å². The standard InChI is InChI=1S/C31H46N2O7Si2/c1-19(2)41(20(3)4)36-18-26-28(39-42(40-41,21(5)6)22(7)8)27(34)29(38-31(35)24-13-11-16-32-24)30(37-26)33-17-15-23-12-9-10-14-25(23)33/h9-17,19-22,26-30,32,34H,18H2,1-8H3/t26-,27+,28-,29-,30-/m1/s1. The van der Waals surface area contributed by atoms with Crippen molar-refractivity contribution in [3.05, 3.63) is 60.6 Å². The van der Waals surface area contributed by atoms with Crippen molar-refractivity contribution >= 4 is 34.0 Å². The number of hydrogen-bond donors (Lipinski definition) is 2. The molecule has 11 heteroatoms. The zero-order valence-electron chi connectivity index (χ0n) is 25.9. The number of fused-ring (bicyclic) bond motifs is 2. The van der Waals surface area contributed by atoms with Crippen molar-refractivity contribution in [2.45, 2.75) is 108 Å². The molecule has 4 heterocycles. The van der Waals surface area contributed by atoms with Gasteiger partial charge in [-0.1, -0.05) is 73.6 Å². The summed E-state index contributed by atoms with van der Waals surface area (Å²) in [6.45, 7) is 17.4. The van der Waals surface area contributed by atoms with E-state index in [0.29, 0.717) is 5.69 Å². The Morgan fingerprint density at radius 2 is 1.62 bits per heavy atom. The number of nitrogens with zero attached hydrogens (tertiary/aromatic N) is 1. The maximum atomic E-state index is 13.3. The highest BCUT2D eigenvalue weighted by Crippen LogP contribution is 2.48. The molecule has 2 aliphatic rings. The lowest BCUT2D eigenvalue weighted by Gasteiger charge is -2.55. The molecule has 2 N–H and O–H groups in total. The summed E-state index contributed by atoms with van der Waals surface area (Å²) in [5.41, 5.74) is 1.70. The fourth-order valence-corrected chi connectivity index (χ4v) is 17.9. The molecule has 2 aliphatic heterocycles. The van der Waals surface area contributed by atoms with Gasteiger partial charge in [-0.15, -0.1) is 0 Å². The molecule has 0 spiro atoms. The minimum atomic E-state index is -3.04. The number of para-hydroxylation sites is 1. The minimum Gasteiger partial charge on any atom is -0.450 e. The Labute approximate surface area is 250 Å². The number of esters is 1. The number of aliphatic hydroxyl groups excluding tert-OH is 1. The third-order valence-electron chi connectivity index (χ3n) is 8.93. The zero-order valence-corrected chi connectivity index (χ0v) is 27.9. The topological polar surface area (TPSA) is 104 Å². The molecule has 0 unspecified atom stereocenters. The Hall–Kier alpha value is -2.26. The van der Waals surface area contributed by atoms with Gasteiger partial charge in [-0.25, -0.2) is 4.79 Å². The van der Waals surface area contributed by atoms with Gasteiger partial charge in [0.2, 0.25) is 0 Å². The third kappa shape index (κ3) is 5.33. The Bertz CT molecular complexity index is 1340. The average molecular weight is 615 g/mol. The first-order valence-corrected chi connectivity index (χ1v) is 19.1. The summed E-state index contributed by atoms with van der Waals surface area (Å²) in [7, 11) is -5.85. The second-order valence-electron chi connectivity index (χ2n) is 12.8. The van der Waals surface area contributed by atoms with Crippen molar-refractivity contribution < 1.29 is 32.3 Å². The van der Waals surface area contributed by atoms with Gasteiger partial charge < -0.3 is 37.1 Å². The molecule has 42 heavy (non-hydrogen) atoms. The smallest absolute Gasteiger partial charge is 0.355 e. The number of aromatic amines is 1. The normalized spacial score (nSPS) is 27.8. The Kier molecular flexibility index (Phi) is 8.93. The van der Waals surface area contributed by atoms with E-state index < -0.39 is 53.7 Å². The number of rotatable bonds is 7. The molecular weight excluding hydrogens is 569 g/mol. The highest BCUT2D eigenvalue weighted by atomic mass is 28.5. The van der Waals surface area contributed by atoms with E-state index in [9.17, 15) is 9.90 Å². The van der Waals surface area contributed by atoms with Crippen LogP contribution in [0.15, 0.2) is 54.9 Å². The quantitative estimate of drug-likeness (QED) is 0.234. The number of ether oxygens (including phenoxy) is 2. The summed E-state index contributed by atoms with van der Waals surface area (Å²) < 4.78 is 36.1. The molecule has 2 aromatic heterocycles. The predicted octanol–water partition coefficient (Wildman–Crippen LogP) is 6.41. The molecule has 0 radical (unpaired) electrons. The van der Waals surface area contributed by atoms with Crippen molar-refractivity contribution in [1.29, 1.82) is 0 Å². The summed E-state index contributed by atoms with van der Waals surface area (Å²) in [4.78, 5) is 16.2. The van der Waals surface area contributed by atoms with Gasteiger partial charge in [0, 0.05) is 12.4 Å². The average Bonchev–Trinajstić information content (AvgIpc) is 3.61. The fourth-order valence-electron chi connectivity index (χ4n) is 6.65. The van der Waals surface area contributed by atoms with Crippen LogP contribution in [0.3, 0.4) is 0 Å². The second kappa shape index (κ2) is 12.0. The fraction of sp³-hybridized carbons (Fsp3) is 0.581. The number of hydrogen-bond acceptors (Lipinski definition) is 7. The van der Waals surface area contributed by atoms with E-state index in [4.69, 9.17) is 22.4 Å². The monoisotopic (exact) mass is 614 g/mol. The number of carbonyl (C=O) groups excluding carboxylic acids is 1. The van der Waals surface area contributed by atoms with E-state index >= 15 is 0 Å². The molecule has 0 saturated carbocycles. The van der Waals surface area contributed by atoms with E-state index in [-0.39, 0.29) is 28.8 Å². The maximum Gasteiger partial charge on any atom is 0.355 e. The van der Waals surface area contributed by atoms with Crippen LogP contribution in [0.25, 0.3) is 10.9 Å². The van der Waals surface area contributed by atoms with Gasteiger partial charge in [-0.3, -0.25) is 0 Å². The van der Waals surface area contributed by atoms with Crippen LogP contribution in [0.4, 0.5) is 0 Å². The van der Waals surface area contributed by atoms with Crippen LogP contribution in [0.5, 0.6) is 0 Å². The Balaban J connectivity index is 1.61. The lowest BCUT2D eigenvalue weighted by Crippen LogP contribution is -2.69. The van der Waals surface area contributed by atoms with Gasteiger partial charge >= 0.3 is 23.1 Å². The number of aromatic nitrogens is 2. The number of aliphatic hydroxyl groups is 1. The number of nitrogens with one attached hydrogen (secondary N) is 1. The van der Waals surface area contributed by atoms with E-state index in [0.717, 1.165) is 10.9 Å². The summed E-state index contributed by atoms with van der Waals surface area (Å²) in [5.74, 6) is -0.576. The molecule has 9 nitrogen and oxygen atoms in total. The van der Waals surface area contributed by atoms with Crippen LogP contribution in [0, 0.1) is 0 Å². The molecule has 2 fully saturated rings. The Morgan fingerprint density at radius 1 is 0.952 bits per heavy atom. The number of H-pyrrole nitrogens is 1. The van der Waals surface area contributed by atoms with Gasteiger partial charge in [0.15, 0.2) is 12.3 Å². The molecule has 2 saturated heterocycles. The van der Waals surface area contributed by atoms with Crippen molar-refractivity contribution in [3.63, 3.8) is 0 Å². The first kappa shape index (κ1) is 31.2. The van der Waals surface area contributed by atoms with Crippen molar-refractivity contribution in [3.8, 4) is 0 Å². The van der Waals surface area contributed by atoms with Crippen LogP contribution < -0.4 is 0 Å². The zero-order chi connectivity index (χ0) is 30.4. The summed E-state index contributed by atoms with van der Waals surface area (Å²) in [6, 6.07) is 13.3. The van der Waals surface area contributed by atoms with Crippen molar-refractivity contribution in [2.24, 2.45) is 0 Å². The van der Waals surface area contributed by atoms with Crippen molar-refractivity contribution in [1.82, 2.24) is 9.55 Å². The molecule has 0 aliphatic carbocycles. The summed E-state index contributed by atoms with van der Waals surface area (Å²) >= 11 is 0. The van der Waals surface area contributed by atoms with E-state index in [2.05, 4.69) is 60.4 Å².